The maximum Gasteiger partial charge on any atom is 0.414 e. The summed E-state index contributed by atoms with van der Waals surface area (Å²) < 4.78 is 6.81. The van der Waals surface area contributed by atoms with Gasteiger partial charge in [-0.15, -0.1) is 0 Å². The number of methoxy groups -OCH3 is 1. The van der Waals surface area contributed by atoms with Gasteiger partial charge in [0, 0.05) is 28.2 Å². The van der Waals surface area contributed by atoms with Crippen LogP contribution < -0.4 is 15.0 Å². The van der Waals surface area contributed by atoms with Gasteiger partial charge in [0.25, 0.3) is 0 Å². The quantitative estimate of drug-likeness (QED) is 0.151. The second-order valence-corrected chi connectivity index (χ2v) is 11.8. The number of nitrogens with one attached hydrogen (secondary N) is 1. The zero-order valence-electron chi connectivity index (χ0n) is 23.6. The molecule has 4 N–H and O–H groups in total. The zero-order valence-corrected chi connectivity index (χ0v) is 25.7. The van der Waals surface area contributed by atoms with Gasteiger partial charge < -0.3 is 25.4 Å². The summed E-state index contributed by atoms with van der Waals surface area (Å²) in [7, 11) is 1.61. The molecule has 2 aromatic rings. The topological polar surface area (TPSA) is 140 Å². The number of carboxylic acids is 2. The molecule has 2 saturated heterocycles. The molecule has 2 aliphatic rings. The van der Waals surface area contributed by atoms with Crippen LogP contribution in [0.3, 0.4) is 0 Å². The predicted octanol–water partition coefficient (Wildman–Crippen LogP) is 5.20. The summed E-state index contributed by atoms with van der Waals surface area (Å²) in [6.45, 7) is 5.04. The number of carboxylic acid groups (broad SMARTS) is 3. The van der Waals surface area contributed by atoms with Crippen molar-refractivity contribution in [1.82, 2.24) is 10.2 Å². The molecular weight excluding hydrogens is 641 g/mol. The SMILES string of the molecule is COc1ccc(C)cc1N(C(=O)O)C1CC2CCCC(C1)N2CCCCNCc1cccc(I)c1.O=C(O)C(=O)O. The van der Waals surface area contributed by atoms with Crippen molar-refractivity contribution in [3.63, 3.8) is 0 Å². The van der Waals surface area contributed by atoms with Gasteiger partial charge >= 0.3 is 18.0 Å². The third-order valence-corrected chi connectivity index (χ3v) is 8.36. The van der Waals surface area contributed by atoms with E-state index in [2.05, 4.69) is 57.1 Å². The van der Waals surface area contributed by atoms with Crippen LogP contribution in [0.25, 0.3) is 0 Å². The number of aliphatic carboxylic acids is 2. The monoisotopic (exact) mass is 681 g/mol. The third-order valence-electron chi connectivity index (χ3n) is 7.69. The second-order valence-electron chi connectivity index (χ2n) is 10.6. The lowest BCUT2D eigenvalue weighted by Crippen LogP contribution is -2.58. The predicted molar refractivity (Wildman–Crippen MR) is 165 cm³/mol. The molecule has 2 unspecified atom stereocenters. The Morgan fingerprint density at radius 1 is 1.02 bits per heavy atom. The Hall–Kier alpha value is -2.90. The third kappa shape index (κ3) is 9.57. The molecule has 10 nitrogen and oxygen atoms in total. The van der Waals surface area contributed by atoms with E-state index in [-0.39, 0.29) is 6.04 Å². The average Bonchev–Trinajstić information content (AvgIpc) is 2.91. The number of unbranched alkanes of at least 4 members (excludes halogenated alkanes) is 1. The number of hydrogen-bond donors (Lipinski definition) is 4. The van der Waals surface area contributed by atoms with Crippen molar-refractivity contribution >= 4 is 46.3 Å². The number of hydrogen-bond acceptors (Lipinski definition) is 6. The van der Waals surface area contributed by atoms with Crippen molar-refractivity contribution < 1.29 is 34.4 Å². The van der Waals surface area contributed by atoms with Crippen LogP contribution >= 0.6 is 22.6 Å². The number of fused-ring (bicyclic) bond motifs is 2. The number of amides is 1. The van der Waals surface area contributed by atoms with Crippen molar-refractivity contribution in [3.05, 3.63) is 57.2 Å². The van der Waals surface area contributed by atoms with E-state index in [0.29, 0.717) is 23.5 Å². The fourth-order valence-electron chi connectivity index (χ4n) is 5.89. The number of rotatable bonds is 10. The van der Waals surface area contributed by atoms with Crippen LogP contribution in [0.1, 0.15) is 56.1 Å². The van der Waals surface area contributed by atoms with E-state index in [1.54, 1.807) is 12.0 Å². The minimum atomic E-state index is -1.82. The number of ether oxygens (including phenoxy) is 1. The number of carbonyl (C=O) groups is 3. The molecule has 2 aliphatic heterocycles. The van der Waals surface area contributed by atoms with Gasteiger partial charge in [0.1, 0.15) is 5.75 Å². The van der Waals surface area contributed by atoms with Crippen LogP contribution in [-0.4, -0.2) is 76.6 Å². The Bertz CT molecular complexity index is 1170. The standard InChI is InChI=1S/C28H38IN3O3.C2H2O4/c1-20-11-12-27(35-2)26(15-20)32(28(33)34)25-17-23-9-6-10-24(18-25)31(23)14-4-3-13-30-19-21-7-5-8-22(29)16-21;3-1(4)2(5)6/h5,7-8,11-12,15-16,23-25,30H,3-4,6,9-10,13-14,17-19H2,1-2H3,(H,33,34);(H,3,4)(H,5,6). The highest BCUT2D eigenvalue weighted by Gasteiger charge is 2.42. The van der Waals surface area contributed by atoms with E-state index in [0.717, 1.165) is 57.3 Å². The van der Waals surface area contributed by atoms with E-state index in [1.165, 1.54) is 22.0 Å². The van der Waals surface area contributed by atoms with Crippen molar-refractivity contribution in [1.29, 1.82) is 0 Å². The van der Waals surface area contributed by atoms with Crippen LogP contribution in [-0.2, 0) is 16.1 Å². The Balaban J connectivity index is 0.000000696. The highest BCUT2D eigenvalue weighted by molar-refractivity contribution is 14.1. The van der Waals surface area contributed by atoms with Crippen molar-refractivity contribution in [2.24, 2.45) is 0 Å². The van der Waals surface area contributed by atoms with E-state index >= 15 is 0 Å². The molecule has 0 spiro atoms. The maximum absolute atomic E-state index is 12.4. The van der Waals surface area contributed by atoms with Gasteiger partial charge in [0.2, 0.25) is 0 Å². The van der Waals surface area contributed by atoms with E-state index in [4.69, 9.17) is 24.5 Å². The Morgan fingerprint density at radius 3 is 2.29 bits per heavy atom. The fraction of sp³-hybridized carbons (Fsp3) is 0.500. The first-order valence-electron chi connectivity index (χ1n) is 13.9. The molecule has 0 radical (unpaired) electrons. The first kappa shape index (κ1) is 32.6. The van der Waals surface area contributed by atoms with E-state index in [9.17, 15) is 9.90 Å². The molecule has 11 heteroatoms. The molecule has 2 bridgehead atoms. The summed E-state index contributed by atoms with van der Waals surface area (Å²) in [5, 5.41) is 28.6. The van der Waals surface area contributed by atoms with Gasteiger partial charge in [-0.2, -0.15) is 0 Å². The number of piperidine rings is 2. The molecule has 1 amide bonds. The van der Waals surface area contributed by atoms with Gasteiger partial charge in [-0.05, 0) is 117 Å². The number of halogens is 1. The molecule has 2 fully saturated rings. The van der Waals surface area contributed by atoms with Crippen LogP contribution in [0.2, 0.25) is 0 Å². The lowest BCUT2D eigenvalue weighted by atomic mass is 9.81. The summed E-state index contributed by atoms with van der Waals surface area (Å²) in [6, 6.07) is 15.3. The minimum Gasteiger partial charge on any atom is -0.495 e. The summed E-state index contributed by atoms with van der Waals surface area (Å²) >= 11 is 2.36. The normalized spacial score (nSPS) is 19.9. The lowest BCUT2D eigenvalue weighted by Gasteiger charge is -2.50. The van der Waals surface area contributed by atoms with Crippen LogP contribution in [0.4, 0.5) is 10.5 Å². The summed E-state index contributed by atoms with van der Waals surface area (Å²) in [5.74, 6) is -3.02. The summed E-state index contributed by atoms with van der Waals surface area (Å²) in [5.41, 5.74) is 3.05. The van der Waals surface area contributed by atoms with E-state index in [1.807, 2.05) is 25.1 Å². The second kappa shape index (κ2) is 15.9. The smallest absolute Gasteiger partial charge is 0.414 e. The van der Waals surface area contributed by atoms with Crippen LogP contribution in [0.5, 0.6) is 5.75 Å². The van der Waals surface area contributed by atoms with Crippen molar-refractivity contribution in [2.75, 3.05) is 25.1 Å². The largest absolute Gasteiger partial charge is 0.495 e. The van der Waals surface area contributed by atoms with Gasteiger partial charge in [0.15, 0.2) is 0 Å². The first-order chi connectivity index (χ1) is 19.6. The van der Waals surface area contributed by atoms with Gasteiger partial charge in [-0.3, -0.25) is 9.80 Å². The summed E-state index contributed by atoms with van der Waals surface area (Å²) in [4.78, 5) is 34.9. The van der Waals surface area contributed by atoms with Crippen LogP contribution in [0, 0.1) is 10.5 Å². The van der Waals surface area contributed by atoms with E-state index < -0.39 is 18.0 Å². The number of nitrogens with zero attached hydrogens (tertiary/aromatic N) is 2. The minimum absolute atomic E-state index is 0.00918. The Labute approximate surface area is 254 Å². The Kier molecular flexibility index (Phi) is 12.7. The molecule has 224 valence electrons. The molecule has 2 aromatic carbocycles. The summed E-state index contributed by atoms with van der Waals surface area (Å²) in [6.07, 6.45) is 6.81. The molecular formula is C30H40IN3O7. The first-order valence-corrected chi connectivity index (χ1v) is 15.0. The zero-order chi connectivity index (χ0) is 29.9. The Morgan fingerprint density at radius 2 is 1.71 bits per heavy atom. The molecule has 0 saturated carbocycles. The molecule has 2 atom stereocenters. The van der Waals surface area contributed by atoms with Gasteiger partial charge in [0.05, 0.1) is 12.8 Å². The highest BCUT2D eigenvalue weighted by atomic mass is 127. The van der Waals surface area contributed by atoms with Crippen molar-refractivity contribution in [2.45, 2.75) is 76.5 Å². The lowest BCUT2D eigenvalue weighted by molar-refractivity contribution is -0.159. The number of anilines is 1. The number of benzene rings is 2. The van der Waals surface area contributed by atoms with Gasteiger partial charge in [-0.1, -0.05) is 24.6 Å². The number of aryl methyl sites for hydroxylation is 1. The van der Waals surface area contributed by atoms with Crippen LogP contribution in [0.15, 0.2) is 42.5 Å². The average molecular weight is 682 g/mol. The van der Waals surface area contributed by atoms with Gasteiger partial charge in [-0.25, -0.2) is 14.4 Å². The molecule has 2 heterocycles. The fourth-order valence-corrected chi connectivity index (χ4v) is 6.50. The highest BCUT2D eigenvalue weighted by Crippen LogP contribution is 2.40. The molecule has 0 aliphatic carbocycles. The molecule has 4 rings (SSSR count). The maximum atomic E-state index is 12.4. The molecule has 0 aromatic heterocycles. The van der Waals surface area contributed by atoms with Crippen molar-refractivity contribution in [3.8, 4) is 5.75 Å². The molecule has 41 heavy (non-hydrogen) atoms.